The van der Waals surface area contributed by atoms with Crippen LogP contribution in [-0.4, -0.2) is 35.2 Å². The molecule has 5 nitrogen and oxygen atoms in total. The lowest BCUT2D eigenvalue weighted by atomic mass is 9.54. The first-order chi connectivity index (χ1) is 12.8. The summed E-state index contributed by atoms with van der Waals surface area (Å²) in [5, 5.41) is 12.8. The minimum atomic E-state index is -1.24. The Morgan fingerprint density at radius 1 is 1.15 bits per heavy atom. The summed E-state index contributed by atoms with van der Waals surface area (Å²) in [6.07, 6.45) is 3.72. The van der Waals surface area contributed by atoms with E-state index in [-0.39, 0.29) is 17.9 Å². The molecular formula is C22H31NO4. The molecule has 1 amide bonds. The normalized spacial score (nSPS) is 32.3. The van der Waals surface area contributed by atoms with Gasteiger partial charge < -0.3 is 15.2 Å². The first-order valence-corrected chi connectivity index (χ1v) is 10.0. The molecule has 1 aromatic carbocycles. The van der Waals surface area contributed by atoms with E-state index in [1.165, 1.54) is 5.56 Å². The summed E-state index contributed by atoms with van der Waals surface area (Å²) >= 11 is 0. The van der Waals surface area contributed by atoms with Crippen LogP contribution in [0.4, 0.5) is 0 Å². The highest BCUT2D eigenvalue weighted by molar-refractivity contribution is 5.90. The van der Waals surface area contributed by atoms with Crippen molar-refractivity contribution < 1.29 is 19.4 Å². The third-order valence-electron chi connectivity index (χ3n) is 6.83. The van der Waals surface area contributed by atoms with Crippen LogP contribution in [0.5, 0.6) is 0 Å². The van der Waals surface area contributed by atoms with Gasteiger partial charge in [0.1, 0.15) is 5.54 Å². The summed E-state index contributed by atoms with van der Waals surface area (Å²) in [6, 6.07) is 10.4. The maximum Gasteiger partial charge on any atom is 0.330 e. The third kappa shape index (κ3) is 3.49. The second kappa shape index (κ2) is 7.63. The zero-order valence-corrected chi connectivity index (χ0v) is 16.5. The van der Waals surface area contributed by atoms with E-state index in [0.29, 0.717) is 18.9 Å². The number of carbonyl (C=O) groups excluding carboxylic acids is 1. The molecule has 2 atom stereocenters. The molecule has 0 aliphatic heterocycles. The van der Waals surface area contributed by atoms with Crippen molar-refractivity contribution in [3.05, 3.63) is 35.9 Å². The second-order valence-corrected chi connectivity index (χ2v) is 8.53. The largest absolute Gasteiger partial charge is 0.479 e. The number of nitrogens with one attached hydrogen (secondary N) is 1. The van der Waals surface area contributed by atoms with E-state index in [9.17, 15) is 14.7 Å². The van der Waals surface area contributed by atoms with Gasteiger partial charge in [0.25, 0.3) is 0 Å². The molecule has 27 heavy (non-hydrogen) atoms. The van der Waals surface area contributed by atoms with Gasteiger partial charge in [-0.05, 0) is 44.1 Å². The van der Waals surface area contributed by atoms with Gasteiger partial charge >= 0.3 is 5.97 Å². The van der Waals surface area contributed by atoms with Crippen LogP contribution >= 0.6 is 0 Å². The maximum atomic E-state index is 12.9. The molecule has 0 spiro atoms. The SMILES string of the molecule is CCOC1CC(NC(=O)C2CCC(c3ccccc3)CC2)(C(=O)O)C1(C)C. The highest BCUT2D eigenvalue weighted by atomic mass is 16.5. The predicted molar refractivity (Wildman–Crippen MR) is 103 cm³/mol. The van der Waals surface area contributed by atoms with E-state index in [2.05, 4.69) is 29.6 Å². The fourth-order valence-electron chi connectivity index (χ4n) is 4.76. The highest BCUT2D eigenvalue weighted by Gasteiger charge is 2.66. The molecule has 0 saturated heterocycles. The van der Waals surface area contributed by atoms with Crippen molar-refractivity contribution in [1.82, 2.24) is 5.32 Å². The summed E-state index contributed by atoms with van der Waals surface area (Å²) in [4.78, 5) is 24.9. The molecule has 2 saturated carbocycles. The number of rotatable bonds is 6. The second-order valence-electron chi connectivity index (χ2n) is 8.53. The van der Waals surface area contributed by atoms with Crippen LogP contribution in [-0.2, 0) is 14.3 Å². The number of ether oxygens (including phenoxy) is 1. The van der Waals surface area contributed by atoms with Gasteiger partial charge in [-0.3, -0.25) is 4.79 Å². The lowest BCUT2D eigenvalue weighted by molar-refractivity contribution is -0.195. The molecule has 2 N–H and O–H groups in total. The van der Waals surface area contributed by atoms with Crippen molar-refractivity contribution in [3.8, 4) is 0 Å². The minimum absolute atomic E-state index is 0.108. The standard InChI is InChI=1S/C22H31NO4/c1-4-27-18-14-22(20(25)26,21(18,2)3)23-19(24)17-12-10-16(11-13-17)15-8-6-5-7-9-15/h5-9,16-18H,4,10-14H2,1-3H3,(H,23,24)(H,25,26). The molecule has 3 rings (SSSR count). The molecule has 2 aliphatic rings. The molecule has 2 unspecified atom stereocenters. The zero-order chi connectivity index (χ0) is 19.7. The van der Waals surface area contributed by atoms with Crippen molar-refractivity contribution in [1.29, 1.82) is 0 Å². The van der Waals surface area contributed by atoms with Gasteiger partial charge in [-0.1, -0.05) is 44.2 Å². The van der Waals surface area contributed by atoms with Crippen molar-refractivity contribution in [3.63, 3.8) is 0 Å². The molecule has 2 fully saturated rings. The molecule has 0 bridgehead atoms. The Morgan fingerprint density at radius 3 is 2.30 bits per heavy atom. The van der Waals surface area contributed by atoms with Crippen LogP contribution in [0.3, 0.4) is 0 Å². The quantitative estimate of drug-likeness (QED) is 0.797. The summed E-state index contributed by atoms with van der Waals surface area (Å²) < 4.78 is 5.67. The van der Waals surface area contributed by atoms with Gasteiger partial charge in [-0.2, -0.15) is 0 Å². The third-order valence-corrected chi connectivity index (χ3v) is 6.83. The Hall–Kier alpha value is -1.88. The average Bonchev–Trinajstić information content (AvgIpc) is 2.67. The maximum absolute atomic E-state index is 12.9. The molecular weight excluding hydrogens is 342 g/mol. The average molecular weight is 373 g/mol. The fourth-order valence-corrected chi connectivity index (χ4v) is 4.76. The lowest BCUT2D eigenvalue weighted by Crippen LogP contribution is -2.76. The van der Waals surface area contributed by atoms with Gasteiger partial charge in [0, 0.05) is 24.4 Å². The van der Waals surface area contributed by atoms with Crippen molar-refractivity contribution in [2.75, 3.05) is 6.61 Å². The first kappa shape index (κ1) is 19.9. The molecule has 0 heterocycles. The van der Waals surface area contributed by atoms with Crippen LogP contribution in [0.15, 0.2) is 30.3 Å². The minimum Gasteiger partial charge on any atom is -0.479 e. The van der Waals surface area contributed by atoms with Crippen LogP contribution in [0, 0.1) is 11.3 Å². The fraction of sp³-hybridized carbons (Fsp3) is 0.636. The Bertz CT molecular complexity index is 679. The van der Waals surface area contributed by atoms with Gasteiger partial charge in [-0.25, -0.2) is 4.79 Å². The number of carbonyl (C=O) groups is 2. The van der Waals surface area contributed by atoms with Crippen LogP contribution < -0.4 is 5.32 Å². The van der Waals surface area contributed by atoms with E-state index in [0.717, 1.165) is 25.7 Å². The van der Waals surface area contributed by atoms with E-state index in [4.69, 9.17) is 4.74 Å². The molecule has 148 valence electrons. The molecule has 0 aromatic heterocycles. The number of aliphatic carboxylic acids is 1. The number of hydrogen-bond acceptors (Lipinski definition) is 3. The Morgan fingerprint density at radius 2 is 1.78 bits per heavy atom. The Labute approximate surface area is 161 Å². The van der Waals surface area contributed by atoms with Crippen LogP contribution in [0.1, 0.15) is 64.4 Å². The zero-order valence-electron chi connectivity index (χ0n) is 16.5. The van der Waals surface area contributed by atoms with Crippen molar-refractivity contribution in [2.45, 2.75) is 70.4 Å². The van der Waals surface area contributed by atoms with E-state index in [1.807, 2.05) is 26.8 Å². The summed E-state index contributed by atoms with van der Waals surface area (Å²) in [5.41, 5.74) is -0.538. The monoisotopic (exact) mass is 373 g/mol. The van der Waals surface area contributed by atoms with Gasteiger partial charge in [0.15, 0.2) is 0 Å². The molecule has 1 aromatic rings. The lowest BCUT2D eigenvalue weighted by Gasteiger charge is -2.58. The number of amides is 1. The van der Waals surface area contributed by atoms with Crippen molar-refractivity contribution >= 4 is 11.9 Å². The van der Waals surface area contributed by atoms with Gasteiger partial charge in [0.05, 0.1) is 6.10 Å². The van der Waals surface area contributed by atoms with Gasteiger partial charge in [-0.15, -0.1) is 0 Å². The summed E-state index contributed by atoms with van der Waals surface area (Å²) in [7, 11) is 0. The van der Waals surface area contributed by atoms with E-state index >= 15 is 0 Å². The smallest absolute Gasteiger partial charge is 0.330 e. The van der Waals surface area contributed by atoms with Crippen LogP contribution in [0.25, 0.3) is 0 Å². The predicted octanol–water partition coefficient (Wildman–Crippen LogP) is 3.74. The van der Waals surface area contributed by atoms with Crippen LogP contribution in [0.2, 0.25) is 0 Å². The topological polar surface area (TPSA) is 75.6 Å². The Balaban J connectivity index is 1.62. The highest BCUT2D eigenvalue weighted by Crippen LogP contribution is 2.52. The molecule has 5 heteroatoms. The van der Waals surface area contributed by atoms with E-state index < -0.39 is 16.9 Å². The summed E-state index contributed by atoms with van der Waals surface area (Å²) in [5.74, 6) is -0.698. The molecule has 0 radical (unpaired) electrons. The number of hydrogen-bond donors (Lipinski definition) is 2. The van der Waals surface area contributed by atoms with Gasteiger partial charge in [0.2, 0.25) is 5.91 Å². The van der Waals surface area contributed by atoms with Crippen molar-refractivity contribution in [2.24, 2.45) is 11.3 Å². The Kier molecular flexibility index (Phi) is 5.61. The van der Waals surface area contributed by atoms with E-state index in [1.54, 1.807) is 0 Å². The molecule has 2 aliphatic carbocycles. The number of carboxylic acid groups (broad SMARTS) is 1. The number of carboxylic acids is 1. The summed E-state index contributed by atoms with van der Waals surface area (Å²) in [6.45, 7) is 6.19. The number of benzene rings is 1. The first-order valence-electron chi connectivity index (χ1n) is 10.0.